The number of likely N-dealkylation sites (tertiary alicyclic amines) is 1. The molecule has 0 N–H and O–H groups in total. The highest BCUT2D eigenvalue weighted by Gasteiger charge is 2.27. The van der Waals surface area contributed by atoms with Crippen molar-refractivity contribution in [1.82, 2.24) is 4.90 Å². The molecule has 1 fully saturated rings. The largest absolute Gasteiger partial charge is 0.300 e. The number of rotatable bonds is 5. The molecule has 0 saturated carbocycles. The van der Waals surface area contributed by atoms with Gasteiger partial charge >= 0.3 is 0 Å². The summed E-state index contributed by atoms with van der Waals surface area (Å²) in [5.41, 5.74) is 2.94. The van der Waals surface area contributed by atoms with E-state index in [4.69, 9.17) is 0 Å². The minimum Gasteiger partial charge on any atom is -0.300 e. The van der Waals surface area contributed by atoms with Crippen LogP contribution in [0, 0.1) is 5.92 Å². The van der Waals surface area contributed by atoms with Crippen molar-refractivity contribution in [2.45, 2.75) is 32.1 Å². The predicted molar refractivity (Wildman–Crippen MR) is 103 cm³/mol. The molecule has 0 aromatic heterocycles. The lowest BCUT2D eigenvalue weighted by molar-refractivity contribution is 0.306. The molecule has 2 aromatic rings. The van der Waals surface area contributed by atoms with Crippen molar-refractivity contribution in [3.05, 3.63) is 83.9 Å². The Kier molecular flexibility index (Phi) is 6.26. The van der Waals surface area contributed by atoms with Crippen LogP contribution in [-0.4, -0.2) is 24.5 Å². The van der Waals surface area contributed by atoms with E-state index in [1.165, 1.54) is 43.5 Å². The molecule has 3 rings (SSSR count). The van der Waals surface area contributed by atoms with Crippen LogP contribution in [0.4, 0.5) is 0 Å². The molecule has 1 unspecified atom stereocenters. The van der Waals surface area contributed by atoms with E-state index >= 15 is 0 Å². The number of allylic oxidation sites excluding steroid dienone is 1. The second kappa shape index (κ2) is 8.84. The molecule has 1 aliphatic heterocycles. The normalized spacial score (nSPS) is 19.7. The first-order chi connectivity index (χ1) is 11.9. The Labute approximate surface area is 147 Å². The molecule has 0 aliphatic carbocycles. The SMILES string of the molecule is C/C=C/CN1CCCC(C(c2ccccc2)c2ccccc2)CC1. The van der Waals surface area contributed by atoms with Gasteiger partial charge in [0.1, 0.15) is 0 Å². The summed E-state index contributed by atoms with van der Waals surface area (Å²) in [4.78, 5) is 2.60. The molecule has 1 atom stereocenters. The minimum atomic E-state index is 0.522. The van der Waals surface area contributed by atoms with Crippen LogP contribution < -0.4 is 0 Å². The van der Waals surface area contributed by atoms with E-state index < -0.39 is 0 Å². The average molecular weight is 319 g/mol. The first kappa shape index (κ1) is 17.0. The van der Waals surface area contributed by atoms with E-state index in [1.54, 1.807) is 0 Å². The molecule has 2 aromatic carbocycles. The smallest absolute Gasteiger partial charge is 0.0163 e. The molecule has 0 spiro atoms. The molecule has 1 heterocycles. The summed E-state index contributed by atoms with van der Waals surface area (Å²) < 4.78 is 0. The van der Waals surface area contributed by atoms with Gasteiger partial charge in [-0.05, 0) is 56.3 Å². The number of hydrogen-bond acceptors (Lipinski definition) is 1. The summed E-state index contributed by atoms with van der Waals surface area (Å²) in [7, 11) is 0. The molecule has 126 valence electrons. The Hall–Kier alpha value is -1.86. The lowest BCUT2D eigenvalue weighted by atomic mass is 9.77. The second-order valence-corrected chi connectivity index (χ2v) is 6.86. The molecular weight excluding hydrogens is 290 g/mol. The molecule has 1 aliphatic rings. The zero-order chi connectivity index (χ0) is 16.6. The highest BCUT2D eigenvalue weighted by Crippen LogP contribution is 2.37. The van der Waals surface area contributed by atoms with Crippen LogP contribution in [0.15, 0.2) is 72.8 Å². The van der Waals surface area contributed by atoms with Gasteiger partial charge in [-0.3, -0.25) is 4.90 Å². The van der Waals surface area contributed by atoms with Crippen LogP contribution >= 0.6 is 0 Å². The Bertz CT molecular complexity index is 577. The van der Waals surface area contributed by atoms with Gasteiger partial charge in [-0.15, -0.1) is 0 Å². The van der Waals surface area contributed by atoms with Crippen molar-refractivity contribution in [3.8, 4) is 0 Å². The van der Waals surface area contributed by atoms with Gasteiger partial charge < -0.3 is 0 Å². The Morgan fingerprint density at radius 1 is 0.917 bits per heavy atom. The first-order valence-corrected chi connectivity index (χ1v) is 9.32. The quantitative estimate of drug-likeness (QED) is 0.658. The van der Waals surface area contributed by atoms with Crippen LogP contribution in [-0.2, 0) is 0 Å². The number of nitrogens with zero attached hydrogens (tertiary/aromatic N) is 1. The standard InChI is InChI=1S/C23H29N/c1-2-3-17-24-18-10-15-22(16-19-24)23(20-11-6-4-7-12-20)21-13-8-5-9-14-21/h2-9,11-14,22-23H,10,15-19H2,1H3/b3-2+. The highest BCUT2D eigenvalue weighted by atomic mass is 15.1. The maximum Gasteiger partial charge on any atom is 0.0163 e. The molecule has 1 nitrogen and oxygen atoms in total. The number of hydrogen-bond donors (Lipinski definition) is 0. The van der Waals surface area contributed by atoms with E-state index in [9.17, 15) is 0 Å². The summed E-state index contributed by atoms with van der Waals surface area (Å²) in [6.45, 7) is 5.66. The van der Waals surface area contributed by atoms with Gasteiger partial charge in [0.25, 0.3) is 0 Å². The van der Waals surface area contributed by atoms with E-state index in [0.29, 0.717) is 5.92 Å². The third kappa shape index (κ3) is 4.36. The highest BCUT2D eigenvalue weighted by molar-refractivity contribution is 5.33. The van der Waals surface area contributed by atoms with Crippen LogP contribution in [0.25, 0.3) is 0 Å². The topological polar surface area (TPSA) is 3.24 Å². The molecular formula is C23H29N. The average Bonchev–Trinajstić information content (AvgIpc) is 2.88. The molecule has 0 radical (unpaired) electrons. The van der Waals surface area contributed by atoms with Gasteiger partial charge in [0.2, 0.25) is 0 Å². The second-order valence-electron chi connectivity index (χ2n) is 6.86. The maximum atomic E-state index is 2.60. The molecule has 0 amide bonds. The van der Waals surface area contributed by atoms with Gasteiger partial charge in [0.15, 0.2) is 0 Å². The van der Waals surface area contributed by atoms with Gasteiger partial charge in [0.05, 0.1) is 0 Å². The van der Waals surface area contributed by atoms with Crippen LogP contribution in [0.1, 0.15) is 43.2 Å². The van der Waals surface area contributed by atoms with Gasteiger partial charge in [-0.1, -0.05) is 72.8 Å². The monoisotopic (exact) mass is 319 g/mol. The predicted octanol–water partition coefficient (Wildman–Crippen LogP) is 5.50. The van der Waals surface area contributed by atoms with Crippen molar-refractivity contribution >= 4 is 0 Å². The minimum absolute atomic E-state index is 0.522. The van der Waals surface area contributed by atoms with E-state index in [2.05, 4.69) is 84.6 Å². The van der Waals surface area contributed by atoms with E-state index in [0.717, 1.165) is 12.5 Å². The fourth-order valence-electron chi connectivity index (χ4n) is 4.01. The van der Waals surface area contributed by atoms with Gasteiger partial charge in [-0.25, -0.2) is 0 Å². The van der Waals surface area contributed by atoms with Crippen LogP contribution in [0.3, 0.4) is 0 Å². The number of benzene rings is 2. The zero-order valence-corrected chi connectivity index (χ0v) is 14.8. The summed E-state index contributed by atoms with van der Waals surface area (Å²) in [6.07, 6.45) is 8.36. The molecule has 0 bridgehead atoms. The van der Waals surface area contributed by atoms with Crippen molar-refractivity contribution in [1.29, 1.82) is 0 Å². The van der Waals surface area contributed by atoms with Crippen molar-refractivity contribution in [3.63, 3.8) is 0 Å². The fourth-order valence-corrected chi connectivity index (χ4v) is 4.01. The maximum absolute atomic E-state index is 2.60. The van der Waals surface area contributed by atoms with Crippen molar-refractivity contribution in [2.24, 2.45) is 5.92 Å². The lowest BCUT2D eigenvalue weighted by Crippen LogP contribution is -2.25. The van der Waals surface area contributed by atoms with E-state index in [1.807, 2.05) is 0 Å². The van der Waals surface area contributed by atoms with Crippen LogP contribution in [0.2, 0.25) is 0 Å². The van der Waals surface area contributed by atoms with Gasteiger partial charge in [-0.2, -0.15) is 0 Å². The third-order valence-corrected chi connectivity index (χ3v) is 5.25. The van der Waals surface area contributed by atoms with Gasteiger partial charge in [0, 0.05) is 12.5 Å². The summed E-state index contributed by atoms with van der Waals surface area (Å²) in [5, 5.41) is 0. The first-order valence-electron chi connectivity index (χ1n) is 9.32. The molecule has 1 heteroatoms. The summed E-state index contributed by atoms with van der Waals surface area (Å²) in [5.74, 6) is 1.25. The third-order valence-electron chi connectivity index (χ3n) is 5.25. The molecule has 1 saturated heterocycles. The fraction of sp³-hybridized carbons (Fsp3) is 0.391. The van der Waals surface area contributed by atoms with E-state index in [-0.39, 0.29) is 0 Å². The summed E-state index contributed by atoms with van der Waals surface area (Å²) >= 11 is 0. The lowest BCUT2D eigenvalue weighted by Gasteiger charge is -2.27. The van der Waals surface area contributed by atoms with Crippen molar-refractivity contribution in [2.75, 3.05) is 19.6 Å². The molecule has 24 heavy (non-hydrogen) atoms. The van der Waals surface area contributed by atoms with Crippen molar-refractivity contribution < 1.29 is 0 Å². The Morgan fingerprint density at radius 2 is 1.54 bits per heavy atom. The Balaban J connectivity index is 1.81. The summed E-state index contributed by atoms with van der Waals surface area (Å²) in [6, 6.07) is 22.2. The van der Waals surface area contributed by atoms with Crippen LogP contribution in [0.5, 0.6) is 0 Å². The Morgan fingerprint density at radius 3 is 2.12 bits per heavy atom. The zero-order valence-electron chi connectivity index (χ0n) is 14.8.